The Bertz CT molecular complexity index is 1060. The number of carbonyl (C=O) groups excluding carboxylic acids is 3. The largest absolute Gasteiger partial charge is 0.545 e. The minimum absolute atomic E-state index is 0.111. The van der Waals surface area contributed by atoms with E-state index in [2.05, 4.69) is 10.6 Å². The van der Waals surface area contributed by atoms with Gasteiger partial charge in [-0.1, -0.05) is 42.5 Å². The number of aromatic carboxylic acids is 1. The molecule has 3 aromatic rings. The van der Waals surface area contributed by atoms with Gasteiger partial charge in [-0.3, -0.25) is 9.59 Å². The van der Waals surface area contributed by atoms with Gasteiger partial charge in [-0.15, -0.1) is 0 Å². The van der Waals surface area contributed by atoms with Crippen LogP contribution in [0.3, 0.4) is 0 Å². The molecule has 0 atom stereocenters. The van der Waals surface area contributed by atoms with Crippen LogP contribution >= 0.6 is 0 Å². The Kier molecular flexibility index (Phi) is 5.50. The molecule has 0 aromatic heterocycles. The number of hydrogen-bond donors (Lipinski definition) is 2. The lowest BCUT2D eigenvalue weighted by molar-refractivity contribution is -0.254. The van der Waals surface area contributed by atoms with Crippen LogP contribution in [0, 0.1) is 6.92 Å². The number of nitrogens with one attached hydrogen (secondary N) is 2. The van der Waals surface area contributed by atoms with Gasteiger partial charge in [-0.05, 0) is 42.8 Å². The first-order valence-electron chi connectivity index (χ1n) is 8.54. The molecule has 6 nitrogen and oxygen atoms in total. The minimum atomic E-state index is -1.38. The molecular weight excluding hydrogens is 356 g/mol. The van der Waals surface area contributed by atoms with E-state index in [1.807, 2.05) is 19.1 Å². The Labute approximate surface area is 161 Å². The molecule has 3 rings (SSSR count). The molecule has 0 unspecified atom stereocenters. The second-order valence-corrected chi connectivity index (χ2v) is 6.14. The third kappa shape index (κ3) is 4.24. The number of carboxylic acids is 1. The zero-order chi connectivity index (χ0) is 20.1. The number of benzene rings is 3. The first-order chi connectivity index (χ1) is 13.5. The third-order valence-corrected chi connectivity index (χ3v) is 4.17. The number of para-hydroxylation sites is 1. The quantitative estimate of drug-likeness (QED) is 0.718. The van der Waals surface area contributed by atoms with Gasteiger partial charge in [-0.2, -0.15) is 0 Å². The van der Waals surface area contributed by atoms with Crippen molar-refractivity contribution in [3.8, 4) is 0 Å². The van der Waals surface area contributed by atoms with Gasteiger partial charge >= 0.3 is 0 Å². The molecule has 28 heavy (non-hydrogen) atoms. The fourth-order valence-electron chi connectivity index (χ4n) is 2.73. The van der Waals surface area contributed by atoms with Gasteiger partial charge in [0.05, 0.1) is 11.7 Å². The van der Waals surface area contributed by atoms with Crippen LogP contribution in [0.2, 0.25) is 0 Å². The molecule has 0 saturated carbocycles. The van der Waals surface area contributed by atoms with Crippen molar-refractivity contribution in [3.63, 3.8) is 0 Å². The van der Waals surface area contributed by atoms with Gasteiger partial charge in [0.2, 0.25) is 0 Å². The standard InChI is InChI=1S/C22H18N2O4/c1-14-7-2-3-10-17(14)21(26)23-16-9-6-8-15(13-16)20(25)24-19-12-5-4-11-18(19)22(27)28/h2-13H,1H3,(H,23,26)(H,24,25)(H,27,28)/p-1. The fraction of sp³-hybridized carbons (Fsp3) is 0.0455. The van der Waals surface area contributed by atoms with E-state index in [4.69, 9.17) is 0 Å². The van der Waals surface area contributed by atoms with Crippen molar-refractivity contribution < 1.29 is 19.5 Å². The molecular formula is C22H17N2O4-. The lowest BCUT2D eigenvalue weighted by Crippen LogP contribution is -2.24. The first kappa shape index (κ1) is 18.8. The maximum absolute atomic E-state index is 12.5. The summed E-state index contributed by atoms with van der Waals surface area (Å²) in [6.45, 7) is 1.84. The molecule has 140 valence electrons. The van der Waals surface area contributed by atoms with Crippen molar-refractivity contribution in [2.24, 2.45) is 0 Å². The van der Waals surface area contributed by atoms with Crippen LogP contribution in [0.5, 0.6) is 0 Å². The van der Waals surface area contributed by atoms with Crippen LogP contribution in [-0.4, -0.2) is 17.8 Å². The van der Waals surface area contributed by atoms with E-state index in [1.165, 1.54) is 18.2 Å². The summed E-state index contributed by atoms with van der Waals surface area (Å²) < 4.78 is 0. The molecule has 0 saturated heterocycles. The predicted octanol–water partition coefficient (Wildman–Crippen LogP) is 2.86. The van der Waals surface area contributed by atoms with Crippen LogP contribution in [0.25, 0.3) is 0 Å². The number of rotatable bonds is 5. The summed E-state index contributed by atoms with van der Waals surface area (Å²) in [5.41, 5.74) is 2.14. The van der Waals surface area contributed by atoms with E-state index in [-0.39, 0.29) is 22.7 Å². The summed E-state index contributed by atoms with van der Waals surface area (Å²) in [4.78, 5) is 36.1. The van der Waals surface area contributed by atoms with Gasteiger partial charge in [0, 0.05) is 22.4 Å². The summed E-state index contributed by atoms with van der Waals surface area (Å²) in [5, 5.41) is 16.5. The van der Waals surface area contributed by atoms with Gasteiger partial charge in [-0.25, -0.2) is 0 Å². The van der Waals surface area contributed by atoms with E-state index in [1.54, 1.807) is 42.5 Å². The highest BCUT2D eigenvalue weighted by molar-refractivity contribution is 6.09. The maximum Gasteiger partial charge on any atom is 0.255 e. The first-order valence-corrected chi connectivity index (χ1v) is 8.54. The number of anilines is 2. The Morgan fingerprint density at radius 3 is 2.14 bits per heavy atom. The normalized spacial score (nSPS) is 10.2. The lowest BCUT2D eigenvalue weighted by Gasteiger charge is -2.12. The van der Waals surface area contributed by atoms with Gasteiger partial charge in [0.25, 0.3) is 11.8 Å². The van der Waals surface area contributed by atoms with Crippen molar-refractivity contribution in [2.75, 3.05) is 10.6 Å². The van der Waals surface area contributed by atoms with Crippen molar-refractivity contribution >= 4 is 29.2 Å². The highest BCUT2D eigenvalue weighted by Gasteiger charge is 2.12. The smallest absolute Gasteiger partial charge is 0.255 e. The summed E-state index contributed by atoms with van der Waals surface area (Å²) in [5.74, 6) is -2.16. The monoisotopic (exact) mass is 373 g/mol. The molecule has 0 radical (unpaired) electrons. The molecule has 0 aliphatic rings. The number of carbonyl (C=O) groups is 3. The molecule has 0 aliphatic carbocycles. The Balaban J connectivity index is 1.78. The topological polar surface area (TPSA) is 98.3 Å². The van der Waals surface area contributed by atoms with Crippen LogP contribution in [0.15, 0.2) is 72.8 Å². The summed E-state index contributed by atoms with van der Waals surface area (Å²) >= 11 is 0. The highest BCUT2D eigenvalue weighted by Crippen LogP contribution is 2.18. The zero-order valence-corrected chi connectivity index (χ0v) is 15.1. The van der Waals surface area contributed by atoms with Crippen LogP contribution in [-0.2, 0) is 0 Å². The number of aryl methyl sites for hydroxylation is 1. The second-order valence-electron chi connectivity index (χ2n) is 6.14. The molecule has 3 aromatic carbocycles. The van der Waals surface area contributed by atoms with E-state index >= 15 is 0 Å². The average Bonchev–Trinajstić information content (AvgIpc) is 2.68. The van der Waals surface area contributed by atoms with Crippen molar-refractivity contribution in [1.82, 2.24) is 0 Å². The Morgan fingerprint density at radius 1 is 0.750 bits per heavy atom. The molecule has 0 spiro atoms. The van der Waals surface area contributed by atoms with Crippen molar-refractivity contribution in [1.29, 1.82) is 0 Å². The predicted molar refractivity (Wildman–Crippen MR) is 104 cm³/mol. The molecule has 0 heterocycles. The maximum atomic E-state index is 12.5. The molecule has 2 N–H and O–H groups in total. The van der Waals surface area contributed by atoms with Gasteiger partial charge < -0.3 is 20.5 Å². The number of carboxylic acid groups (broad SMARTS) is 1. The van der Waals surface area contributed by atoms with Crippen molar-refractivity contribution in [2.45, 2.75) is 6.92 Å². The number of amides is 2. The van der Waals surface area contributed by atoms with E-state index < -0.39 is 11.9 Å². The molecule has 0 aliphatic heterocycles. The van der Waals surface area contributed by atoms with Crippen LogP contribution in [0.1, 0.15) is 36.6 Å². The Morgan fingerprint density at radius 2 is 1.43 bits per heavy atom. The van der Waals surface area contributed by atoms with Gasteiger partial charge in [0.1, 0.15) is 0 Å². The highest BCUT2D eigenvalue weighted by atomic mass is 16.4. The lowest BCUT2D eigenvalue weighted by atomic mass is 10.1. The SMILES string of the molecule is Cc1ccccc1C(=O)Nc1cccc(C(=O)Nc2ccccc2C(=O)[O-])c1. The van der Waals surface area contributed by atoms with Crippen LogP contribution < -0.4 is 15.7 Å². The summed E-state index contributed by atoms with van der Waals surface area (Å²) in [6.07, 6.45) is 0. The summed E-state index contributed by atoms with van der Waals surface area (Å²) in [7, 11) is 0. The molecule has 0 bridgehead atoms. The van der Waals surface area contributed by atoms with E-state index in [9.17, 15) is 19.5 Å². The van der Waals surface area contributed by atoms with Crippen LogP contribution in [0.4, 0.5) is 11.4 Å². The minimum Gasteiger partial charge on any atom is -0.545 e. The van der Waals surface area contributed by atoms with Gasteiger partial charge in [0.15, 0.2) is 0 Å². The number of hydrogen-bond acceptors (Lipinski definition) is 4. The Hall–Kier alpha value is -3.93. The second kappa shape index (κ2) is 8.18. The van der Waals surface area contributed by atoms with E-state index in [0.29, 0.717) is 11.3 Å². The molecule has 6 heteroatoms. The zero-order valence-electron chi connectivity index (χ0n) is 15.1. The van der Waals surface area contributed by atoms with Crippen molar-refractivity contribution in [3.05, 3.63) is 95.1 Å². The fourth-order valence-corrected chi connectivity index (χ4v) is 2.73. The third-order valence-electron chi connectivity index (χ3n) is 4.17. The average molecular weight is 373 g/mol. The summed E-state index contributed by atoms with van der Waals surface area (Å²) in [6, 6.07) is 19.6. The van der Waals surface area contributed by atoms with E-state index in [0.717, 1.165) is 5.56 Å². The molecule has 2 amide bonds. The molecule has 0 fully saturated rings.